The van der Waals surface area contributed by atoms with Gasteiger partial charge in [0.15, 0.2) is 11.5 Å². The average Bonchev–Trinajstić information content (AvgIpc) is 2.94. The highest BCUT2D eigenvalue weighted by molar-refractivity contribution is 5.47. The summed E-state index contributed by atoms with van der Waals surface area (Å²) in [5.41, 5.74) is 3.62. The lowest BCUT2D eigenvalue weighted by Crippen LogP contribution is -2.26. The molecule has 0 atom stereocenters. The van der Waals surface area contributed by atoms with Gasteiger partial charge in [0.1, 0.15) is 5.82 Å². The molecule has 0 saturated heterocycles. The Hall–Kier alpha value is -2.21. The van der Waals surface area contributed by atoms with Crippen LogP contribution in [0.5, 0.6) is 11.5 Å². The fraction of sp³-hybridized carbons (Fsp3) is 0.400. The van der Waals surface area contributed by atoms with Gasteiger partial charge in [-0.25, -0.2) is 4.39 Å². The number of aryl methyl sites for hydroxylation is 2. The van der Waals surface area contributed by atoms with Crippen molar-refractivity contribution in [2.45, 2.75) is 47.0 Å². The number of fused-ring (bicyclic) bond motifs is 2. The second-order valence-corrected chi connectivity index (χ2v) is 5.74. The van der Waals surface area contributed by atoms with Gasteiger partial charge in [-0.15, -0.1) is 8.78 Å². The molecule has 0 radical (unpaired) electrons. The lowest BCUT2D eigenvalue weighted by Gasteiger charge is -2.16. The van der Waals surface area contributed by atoms with Crippen LogP contribution in [0.25, 0.3) is 0 Å². The number of benzene rings is 2. The third-order valence-electron chi connectivity index (χ3n) is 3.88. The van der Waals surface area contributed by atoms with Crippen LogP contribution in [0, 0.1) is 19.7 Å². The molecule has 0 amide bonds. The van der Waals surface area contributed by atoms with Crippen molar-refractivity contribution in [2.75, 3.05) is 6.61 Å². The van der Waals surface area contributed by atoms with Crippen molar-refractivity contribution in [1.29, 1.82) is 0 Å². The largest absolute Gasteiger partial charge is 0.586 e. The molecule has 4 rings (SSSR count). The second kappa shape index (κ2) is 8.45. The molecule has 2 aromatic carbocycles. The lowest BCUT2D eigenvalue weighted by atomic mass is 10.0. The summed E-state index contributed by atoms with van der Waals surface area (Å²) >= 11 is 0. The standard InChI is InChI=1S/C10H11FO.C8H6F2O2.C2H6/c1-7-4-8-2-3-12-6-9(8)5-10(7)11;1-5-3-2-4-6-7(5)12-8(9,10)11-6;1-2/h4-5H,2-3,6H2,1H3;2-4H,1H3;1-2H3. The highest BCUT2D eigenvalue weighted by Gasteiger charge is 2.43. The van der Waals surface area contributed by atoms with Crippen LogP contribution in [0.15, 0.2) is 30.3 Å². The van der Waals surface area contributed by atoms with Crippen molar-refractivity contribution < 1.29 is 27.4 Å². The fourth-order valence-corrected chi connectivity index (χ4v) is 2.62. The Morgan fingerprint density at radius 1 is 0.962 bits per heavy atom. The molecule has 26 heavy (non-hydrogen) atoms. The van der Waals surface area contributed by atoms with Crippen LogP contribution >= 0.6 is 0 Å². The molecule has 3 nitrogen and oxygen atoms in total. The number of halogens is 3. The summed E-state index contributed by atoms with van der Waals surface area (Å²) in [7, 11) is 0. The van der Waals surface area contributed by atoms with E-state index in [1.54, 1.807) is 32.0 Å². The summed E-state index contributed by atoms with van der Waals surface area (Å²) in [6.45, 7) is 8.80. The molecule has 6 heteroatoms. The third-order valence-corrected chi connectivity index (χ3v) is 3.88. The van der Waals surface area contributed by atoms with Crippen molar-refractivity contribution in [3.63, 3.8) is 0 Å². The minimum atomic E-state index is -3.51. The van der Waals surface area contributed by atoms with Crippen LogP contribution < -0.4 is 9.47 Å². The molecule has 0 N–H and O–H groups in total. The van der Waals surface area contributed by atoms with Gasteiger partial charge >= 0.3 is 6.29 Å². The van der Waals surface area contributed by atoms with E-state index in [0.29, 0.717) is 12.2 Å². The van der Waals surface area contributed by atoms with Crippen LogP contribution in [0.1, 0.15) is 36.1 Å². The van der Waals surface area contributed by atoms with E-state index in [1.165, 1.54) is 11.6 Å². The van der Waals surface area contributed by atoms with E-state index in [1.807, 2.05) is 19.9 Å². The molecule has 2 heterocycles. The monoisotopic (exact) mass is 368 g/mol. The topological polar surface area (TPSA) is 27.7 Å². The summed E-state index contributed by atoms with van der Waals surface area (Å²) in [5, 5.41) is 0. The average molecular weight is 368 g/mol. The molecule has 142 valence electrons. The Morgan fingerprint density at radius 2 is 1.69 bits per heavy atom. The normalized spacial score (nSPS) is 15.8. The van der Waals surface area contributed by atoms with Gasteiger partial charge in [0.05, 0.1) is 13.2 Å². The van der Waals surface area contributed by atoms with E-state index in [0.717, 1.165) is 24.2 Å². The first-order valence-corrected chi connectivity index (χ1v) is 8.57. The Morgan fingerprint density at radius 3 is 2.38 bits per heavy atom. The zero-order valence-corrected chi connectivity index (χ0v) is 15.4. The van der Waals surface area contributed by atoms with Gasteiger partial charge in [-0.2, -0.15) is 0 Å². The number of hydrogen-bond donors (Lipinski definition) is 0. The minimum absolute atomic E-state index is 0.0972. The Labute approximate surface area is 151 Å². The molecule has 2 aliphatic heterocycles. The van der Waals surface area contributed by atoms with E-state index >= 15 is 0 Å². The molecule has 0 fully saturated rings. The van der Waals surface area contributed by atoms with Crippen molar-refractivity contribution in [2.24, 2.45) is 0 Å². The van der Waals surface area contributed by atoms with Gasteiger partial charge in [0.2, 0.25) is 0 Å². The highest BCUT2D eigenvalue weighted by Crippen LogP contribution is 2.42. The van der Waals surface area contributed by atoms with Gasteiger partial charge < -0.3 is 14.2 Å². The number of alkyl halides is 2. The Balaban J connectivity index is 0.000000171. The van der Waals surface area contributed by atoms with Crippen molar-refractivity contribution in [3.05, 3.63) is 58.4 Å². The molecular formula is C20H23F3O3. The van der Waals surface area contributed by atoms with Crippen LogP contribution in [0.3, 0.4) is 0 Å². The molecule has 0 unspecified atom stereocenters. The molecule has 2 aliphatic rings. The van der Waals surface area contributed by atoms with Gasteiger partial charge in [-0.05, 0) is 54.7 Å². The maximum atomic E-state index is 13.1. The van der Waals surface area contributed by atoms with E-state index in [9.17, 15) is 13.2 Å². The number of para-hydroxylation sites is 1. The maximum absolute atomic E-state index is 13.1. The summed E-state index contributed by atoms with van der Waals surface area (Å²) in [5.74, 6) is 0.0988. The van der Waals surface area contributed by atoms with Crippen LogP contribution in [-0.2, 0) is 17.8 Å². The van der Waals surface area contributed by atoms with E-state index in [2.05, 4.69) is 9.47 Å². The van der Waals surface area contributed by atoms with Crippen molar-refractivity contribution in [3.8, 4) is 11.5 Å². The number of rotatable bonds is 0. The van der Waals surface area contributed by atoms with Gasteiger partial charge in [0.25, 0.3) is 0 Å². The smallest absolute Gasteiger partial charge is 0.395 e. The first-order chi connectivity index (χ1) is 12.4. The predicted octanol–water partition coefficient (Wildman–Crippen LogP) is 5.55. The molecule has 0 aromatic heterocycles. The van der Waals surface area contributed by atoms with Crippen molar-refractivity contribution in [1.82, 2.24) is 0 Å². The maximum Gasteiger partial charge on any atom is 0.586 e. The number of ether oxygens (including phenoxy) is 3. The molecule has 0 saturated carbocycles. The molecule has 0 bridgehead atoms. The Bertz CT molecular complexity index is 729. The van der Waals surface area contributed by atoms with E-state index in [4.69, 9.17) is 4.74 Å². The molecule has 0 aliphatic carbocycles. The Kier molecular flexibility index (Phi) is 6.53. The lowest BCUT2D eigenvalue weighted by molar-refractivity contribution is -0.286. The van der Waals surface area contributed by atoms with Crippen LogP contribution in [-0.4, -0.2) is 12.9 Å². The zero-order valence-electron chi connectivity index (χ0n) is 15.4. The first-order valence-electron chi connectivity index (χ1n) is 8.57. The predicted molar refractivity (Wildman–Crippen MR) is 93.2 cm³/mol. The minimum Gasteiger partial charge on any atom is -0.395 e. The number of hydrogen-bond acceptors (Lipinski definition) is 3. The van der Waals surface area contributed by atoms with E-state index in [-0.39, 0.29) is 17.3 Å². The summed E-state index contributed by atoms with van der Waals surface area (Å²) in [4.78, 5) is 0. The SMILES string of the molecule is CC.Cc1cc2c(cc1F)COCC2.Cc1cccc2c1OC(F)(F)O2. The van der Waals surface area contributed by atoms with Gasteiger partial charge in [0, 0.05) is 0 Å². The van der Waals surface area contributed by atoms with Gasteiger partial charge in [-0.3, -0.25) is 0 Å². The first kappa shape index (κ1) is 20.1. The molecule has 2 aromatic rings. The van der Waals surface area contributed by atoms with E-state index < -0.39 is 6.29 Å². The summed E-state index contributed by atoms with van der Waals surface area (Å²) in [6, 6.07) is 8.28. The van der Waals surface area contributed by atoms with Crippen molar-refractivity contribution >= 4 is 0 Å². The zero-order chi connectivity index (χ0) is 19.3. The summed E-state index contributed by atoms with van der Waals surface area (Å²) in [6.07, 6.45) is -2.59. The van der Waals surface area contributed by atoms with Crippen LogP contribution in [0.4, 0.5) is 13.2 Å². The third kappa shape index (κ3) is 4.69. The molecular weight excluding hydrogens is 345 g/mol. The highest BCUT2D eigenvalue weighted by atomic mass is 19.3. The summed E-state index contributed by atoms with van der Waals surface area (Å²) < 4.78 is 51.7. The fourth-order valence-electron chi connectivity index (χ4n) is 2.62. The quantitative estimate of drug-likeness (QED) is 0.610. The van der Waals surface area contributed by atoms with Gasteiger partial charge in [-0.1, -0.05) is 32.0 Å². The van der Waals surface area contributed by atoms with Crippen LogP contribution in [0.2, 0.25) is 0 Å². The molecule has 0 spiro atoms. The second-order valence-electron chi connectivity index (χ2n) is 5.74.